The molecule has 0 unspecified atom stereocenters. The first-order valence-electron chi connectivity index (χ1n) is 9.93. The van der Waals surface area contributed by atoms with Gasteiger partial charge in [-0.1, -0.05) is 13.3 Å². The van der Waals surface area contributed by atoms with Crippen LogP contribution in [-0.2, 0) is 13.0 Å². The smallest absolute Gasteiger partial charge is 0.291 e. The number of amides is 2. The SMILES string of the molecule is CCCCN1CCN(C(=O)c2n[nH]c3c2CCN(C(=O)c2cnco2)C3)CC1. The van der Waals surface area contributed by atoms with Gasteiger partial charge in [0.25, 0.3) is 11.8 Å². The first-order chi connectivity index (χ1) is 13.7. The van der Waals surface area contributed by atoms with E-state index in [1.54, 1.807) is 4.90 Å². The molecule has 150 valence electrons. The number of fused-ring (bicyclic) bond motifs is 1. The van der Waals surface area contributed by atoms with Gasteiger partial charge in [-0.25, -0.2) is 4.98 Å². The molecule has 2 aromatic heterocycles. The quantitative estimate of drug-likeness (QED) is 0.828. The standard InChI is InChI=1S/C19H26N6O3/c1-2-3-5-23-7-9-24(10-8-23)19(27)17-14-4-6-25(12-15(14)21-22-17)18(26)16-11-20-13-28-16/h11,13H,2-10,12H2,1H3,(H,21,22). The molecule has 0 spiro atoms. The zero-order chi connectivity index (χ0) is 19.5. The summed E-state index contributed by atoms with van der Waals surface area (Å²) in [6.07, 6.45) is 5.65. The van der Waals surface area contributed by atoms with E-state index in [-0.39, 0.29) is 17.6 Å². The summed E-state index contributed by atoms with van der Waals surface area (Å²) in [6, 6.07) is 0. The molecule has 28 heavy (non-hydrogen) atoms. The number of unbranched alkanes of at least 4 members (excludes halogenated alkanes) is 1. The van der Waals surface area contributed by atoms with E-state index < -0.39 is 0 Å². The lowest BCUT2D eigenvalue weighted by Crippen LogP contribution is -2.49. The monoisotopic (exact) mass is 386 g/mol. The molecular weight excluding hydrogens is 360 g/mol. The Balaban J connectivity index is 1.39. The van der Waals surface area contributed by atoms with Gasteiger partial charge in [-0.05, 0) is 19.4 Å². The van der Waals surface area contributed by atoms with E-state index in [2.05, 4.69) is 27.0 Å². The van der Waals surface area contributed by atoms with E-state index in [4.69, 9.17) is 4.42 Å². The van der Waals surface area contributed by atoms with Gasteiger partial charge in [-0.3, -0.25) is 19.6 Å². The first-order valence-corrected chi connectivity index (χ1v) is 9.93. The Hall–Kier alpha value is -2.68. The number of hydrogen-bond donors (Lipinski definition) is 1. The van der Waals surface area contributed by atoms with Crippen molar-refractivity contribution < 1.29 is 14.0 Å². The number of H-pyrrole nitrogens is 1. The van der Waals surface area contributed by atoms with E-state index in [9.17, 15) is 9.59 Å². The Kier molecular flexibility index (Phi) is 5.43. The van der Waals surface area contributed by atoms with Crippen molar-refractivity contribution in [2.24, 2.45) is 0 Å². The Bertz CT molecular complexity index is 823. The summed E-state index contributed by atoms with van der Waals surface area (Å²) < 4.78 is 5.10. The summed E-state index contributed by atoms with van der Waals surface area (Å²) >= 11 is 0. The lowest BCUT2D eigenvalue weighted by molar-refractivity contribution is 0.0628. The van der Waals surface area contributed by atoms with Crippen LogP contribution in [0.3, 0.4) is 0 Å². The van der Waals surface area contributed by atoms with E-state index in [1.165, 1.54) is 25.4 Å². The van der Waals surface area contributed by atoms with Gasteiger partial charge in [0.2, 0.25) is 5.76 Å². The first kappa shape index (κ1) is 18.7. The molecule has 4 heterocycles. The van der Waals surface area contributed by atoms with Crippen LogP contribution >= 0.6 is 0 Å². The highest BCUT2D eigenvalue weighted by Gasteiger charge is 2.31. The fraction of sp³-hybridized carbons (Fsp3) is 0.579. The van der Waals surface area contributed by atoms with Crippen molar-refractivity contribution in [3.8, 4) is 0 Å². The van der Waals surface area contributed by atoms with Gasteiger partial charge in [0.1, 0.15) is 0 Å². The minimum Gasteiger partial charge on any atom is -0.438 e. The molecule has 1 saturated heterocycles. The number of aromatic amines is 1. The van der Waals surface area contributed by atoms with Gasteiger partial charge in [0, 0.05) is 38.3 Å². The second-order valence-corrected chi connectivity index (χ2v) is 7.36. The summed E-state index contributed by atoms with van der Waals surface area (Å²) in [5.41, 5.74) is 2.26. The molecule has 9 nitrogen and oxygen atoms in total. The normalized spacial score (nSPS) is 17.6. The maximum atomic E-state index is 13.0. The Labute approximate surface area is 163 Å². The van der Waals surface area contributed by atoms with Gasteiger partial charge >= 0.3 is 0 Å². The highest BCUT2D eigenvalue weighted by atomic mass is 16.3. The molecule has 1 fully saturated rings. The average molecular weight is 386 g/mol. The summed E-state index contributed by atoms with van der Waals surface area (Å²) in [4.78, 5) is 35.2. The van der Waals surface area contributed by atoms with Crippen molar-refractivity contribution in [1.82, 2.24) is 29.9 Å². The minimum atomic E-state index is -0.200. The topological polar surface area (TPSA) is 98.6 Å². The molecule has 1 N–H and O–H groups in total. The molecular formula is C19H26N6O3. The average Bonchev–Trinajstić information content (AvgIpc) is 3.41. The molecule has 0 atom stereocenters. The Morgan fingerprint density at radius 3 is 2.68 bits per heavy atom. The molecule has 2 aromatic rings. The van der Waals surface area contributed by atoms with E-state index in [0.29, 0.717) is 25.2 Å². The highest BCUT2D eigenvalue weighted by Crippen LogP contribution is 2.23. The van der Waals surface area contributed by atoms with Crippen molar-refractivity contribution in [2.75, 3.05) is 39.3 Å². The minimum absolute atomic E-state index is 0.0114. The number of rotatable bonds is 5. The van der Waals surface area contributed by atoms with Crippen LogP contribution in [0.1, 0.15) is 52.1 Å². The van der Waals surface area contributed by atoms with Crippen molar-refractivity contribution in [1.29, 1.82) is 0 Å². The van der Waals surface area contributed by atoms with Crippen molar-refractivity contribution in [3.63, 3.8) is 0 Å². The summed E-state index contributed by atoms with van der Waals surface area (Å²) in [5.74, 6) is 0.0108. The zero-order valence-corrected chi connectivity index (χ0v) is 16.2. The van der Waals surface area contributed by atoms with E-state index >= 15 is 0 Å². The van der Waals surface area contributed by atoms with Gasteiger partial charge in [0.15, 0.2) is 12.1 Å². The molecule has 4 rings (SSSR count). The maximum Gasteiger partial charge on any atom is 0.291 e. The Morgan fingerprint density at radius 2 is 1.96 bits per heavy atom. The lowest BCUT2D eigenvalue weighted by Gasteiger charge is -2.34. The Morgan fingerprint density at radius 1 is 1.14 bits per heavy atom. The van der Waals surface area contributed by atoms with Crippen molar-refractivity contribution >= 4 is 11.8 Å². The zero-order valence-electron chi connectivity index (χ0n) is 16.2. The number of carbonyl (C=O) groups is 2. The highest BCUT2D eigenvalue weighted by molar-refractivity contribution is 5.95. The van der Waals surface area contributed by atoms with Crippen LogP contribution < -0.4 is 0 Å². The molecule has 0 aromatic carbocycles. The molecule has 2 aliphatic rings. The molecule has 2 aliphatic heterocycles. The van der Waals surface area contributed by atoms with Crippen molar-refractivity contribution in [2.45, 2.75) is 32.7 Å². The third-order valence-corrected chi connectivity index (χ3v) is 5.55. The van der Waals surface area contributed by atoms with Crippen LogP contribution in [0.5, 0.6) is 0 Å². The number of nitrogens with one attached hydrogen (secondary N) is 1. The number of nitrogens with zero attached hydrogens (tertiary/aromatic N) is 5. The van der Waals surface area contributed by atoms with Gasteiger partial charge < -0.3 is 14.2 Å². The van der Waals surface area contributed by atoms with Crippen molar-refractivity contribution in [3.05, 3.63) is 35.3 Å². The third-order valence-electron chi connectivity index (χ3n) is 5.55. The maximum absolute atomic E-state index is 13.0. The summed E-state index contributed by atoms with van der Waals surface area (Å²) in [7, 11) is 0. The van der Waals surface area contributed by atoms with Crippen LogP contribution in [0, 0.1) is 0 Å². The number of aromatic nitrogens is 3. The predicted molar refractivity (Wildman–Crippen MR) is 101 cm³/mol. The molecule has 9 heteroatoms. The van der Waals surface area contributed by atoms with Crippen LogP contribution in [0.25, 0.3) is 0 Å². The van der Waals surface area contributed by atoms with Gasteiger partial charge in [0.05, 0.1) is 18.4 Å². The lowest BCUT2D eigenvalue weighted by atomic mass is 10.0. The fourth-order valence-electron chi connectivity index (χ4n) is 3.85. The van der Waals surface area contributed by atoms with Crippen LogP contribution in [0.2, 0.25) is 0 Å². The van der Waals surface area contributed by atoms with Crippen LogP contribution in [-0.4, -0.2) is 81.0 Å². The second kappa shape index (κ2) is 8.14. The van der Waals surface area contributed by atoms with Gasteiger partial charge in [-0.15, -0.1) is 0 Å². The predicted octanol–water partition coefficient (Wildman–Crippen LogP) is 1.15. The molecule has 0 saturated carbocycles. The third kappa shape index (κ3) is 3.66. The number of hydrogen-bond acceptors (Lipinski definition) is 6. The molecule has 0 aliphatic carbocycles. The van der Waals surface area contributed by atoms with E-state index in [1.807, 2.05) is 4.90 Å². The molecule has 2 amide bonds. The van der Waals surface area contributed by atoms with Gasteiger partial charge in [-0.2, -0.15) is 5.10 Å². The number of piperazine rings is 1. The fourth-order valence-corrected chi connectivity index (χ4v) is 3.85. The van der Waals surface area contributed by atoms with E-state index in [0.717, 1.165) is 44.0 Å². The van der Waals surface area contributed by atoms with Crippen LogP contribution in [0.15, 0.2) is 17.0 Å². The molecule has 0 bridgehead atoms. The largest absolute Gasteiger partial charge is 0.438 e. The van der Waals surface area contributed by atoms with Crippen LogP contribution in [0.4, 0.5) is 0 Å². The summed E-state index contributed by atoms with van der Waals surface area (Å²) in [5, 5.41) is 7.26. The number of carbonyl (C=O) groups excluding carboxylic acids is 2. The number of oxazole rings is 1. The second-order valence-electron chi connectivity index (χ2n) is 7.36. The summed E-state index contributed by atoms with van der Waals surface area (Å²) in [6.45, 7) is 7.51. The molecule has 0 radical (unpaired) electrons.